The number of ether oxygens (including phenoxy) is 1. The summed E-state index contributed by atoms with van der Waals surface area (Å²) in [6.45, 7) is 0.394. The number of nitrogens with one attached hydrogen (secondary N) is 2. The molecule has 1 aliphatic heterocycles. The van der Waals surface area contributed by atoms with Crippen LogP contribution in [0.15, 0.2) is 12.7 Å². The molecule has 2 amide bonds. The largest absolute Gasteiger partial charge is 0.481 e. The number of hydrogen-bond donors (Lipinski definition) is 10. The summed E-state index contributed by atoms with van der Waals surface area (Å²) in [5.74, 6) is -1.65. The Morgan fingerprint density at radius 2 is 1.71 bits per heavy atom. The lowest BCUT2D eigenvalue weighted by molar-refractivity contribution is -0.137. The van der Waals surface area contributed by atoms with E-state index in [1.165, 1.54) is 13.8 Å². The number of carbonyl (C=O) groups excluding carboxylic acids is 4. The molecule has 0 radical (unpaired) electrons. The standard InChI is InChI=1S/C26H43N8O18P3S/c1-26(2,21(39)24(40)30-6-4-16(36)29-7-8-56-17(37)9-14(35)3-5-27)11-49-55(46,47)52-54(44,45)48-10-15-20(51-53(41,42)43)19(38)25(50-15)34-13-33-18-22(28)31-12-32-23(18)34/h12-13,15,19-21,25,38-39H,3-11,27H2,1-2H3,(H,29,36)(H,30,40)(H,44,45)(H,46,47)(H2,28,31,32)(H2,41,42,43)/t15-,19-,20-,21+,25-/m1/s1. The molecule has 0 aromatic carbocycles. The number of thioether (sulfide) groups is 1. The summed E-state index contributed by atoms with van der Waals surface area (Å²) < 4.78 is 62.0. The van der Waals surface area contributed by atoms with Crippen LogP contribution in [0.25, 0.3) is 11.2 Å². The summed E-state index contributed by atoms with van der Waals surface area (Å²) in [5.41, 5.74) is 9.47. The zero-order valence-corrected chi connectivity index (χ0v) is 33.2. The van der Waals surface area contributed by atoms with Gasteiger partial charge in [-0.25, -0.2) is 28.6 Å². The lowest BCUT2D eigenvalue weighted by Gasteiger charge is -2.30. The molecule has 0 bridgehead atoms. The van der Waals surface area contributed by atoms with Crippen molar-refractivity contribution in [2.75, 3.05) is 44.3 Å². The van der Waals surface area contributed by atoms with Crippen LogP contribution in [0, 0.1) is 5.41 Å². The average Bonchev–Trinajstić information content (AvgIpc) is 3.64. The predicted molar refractivity (Wildman–Crippen MR) is 190 cm³/mol. The van der Waals surface area contributed by atoms with Crippen molar-refractivity contribution in [1.82, 2.24) is 30.2 Å². The molecule has 12 N–H and O–H groups in total. The van der Waals surface area contributed by atoms with Crippen LogP contribution < -0.4 is 22.1 Å². The van der Waals surface area contributed by atoms with E-state index in [9.17, 15) is 62.7 Å². The van der Waals surface area contributed by atoms with Gasteiger partial charge in [0.1, 0.15) is 42.0 Å². The van der Waals surface area contributed by atoms with Crippen LogP contribution in [-0.2, 0) is 55.5 Å². The number of phosphoric acid groups is 3. The molecule has 0 spiro atoms. The number of amides is 2. The first kappa shape index (κ1) is 47.6. The van der Waals surface area contributed by atoms with Crippen LogP contribution in [0.1, 0.15) is 39.3 Å². The number of aliphatic hydroxyl groups excluding tert-OH is 2. The number of nitrogens with zero attached hydrogens (tertiary/aromatic N) is 4. The average molecular weight is 881 g/mol. The molecule has 3 rings (SSSR count). The molecule has 56 heavy (non-hydrogen) atoms. The zero-order valence-electron chi connectivity index (χ0n) is 29.7. The van der Waals surface area contributed by atoms with E-state index in [1.54, 1.807) is 0 Å². The molecule has 26 nitrogen and oxygen atoms in total. The minimum absolute atomic E-state index is 0.0221. The number of imidazole rings is 1. The second-order valence-corrected chi connectivity index (χ2v) is 17.9. The number of aliphatic hydroxyl groups is 2. The Labute approximate surface area is 321 Å². The molecule has 30 heteroatoms. The maximum atomic E-state index is 12.7. The molecule has 2 unspecified atom stereocenters. The minimum Gasteiger partial charge on any atom is -0.386 e. The second kappa shape index (κ2) is 20.2. The second-order valence-electron chi connectivity index (χ2n) is 12.5. The molecule has 1 fully saturated rings. The van der Waals surface area contributed by atoms with Crippen molar-refractivity contribution in [3.8, 4) is 0 Å². The zero-order chi connectivity index (χ0) is 42.1. The van der Waals surface area contributed by atoms with Gasteiger partial charge in [-0.3, -0.25) is 37.3 Å². The van der Waals surface area contributed by atoms with Crippen molar-refractivity contribution in [1.29, 1.82) is 0 Å². The molecule has 0 saturated carbocycles. The monoisotopic (exact) mass is 880 g/mol. The number of nitrogen functional groups attached to an aromatic ring is 1. The number of fused-ring (bicyclic) bond motifs is 1. The maximum absolute atomic E-state index is 12.7. The highest BCUT2D eigenvalue weighted by Crippen LogP contribution is 2.61. The molecule has 2 aromatic heterocycles. The highest BCUT2D eigenvalue weighted by molar-refractivity contribution is 8.13. The number of hydrogen-bond acceptors (Lipinski definition) is 20. The Balaban J connectivity index is 1.48. The van der Waals surface area contributed by atoms with Gasteiger partial charge in [0.2, 0.25) is 11.8 Å². The van der Waals surface area contributed by atoms with E-state index in [2.05, 4.69) is 34.4 Å². The summed E-state index contributed by atoms with van der Waals surface area (Å²) in [6, 6.07) is 0. The van der Waals surface area contributed by atoms with Gasteiger partial charge < -0.3 is 56.6 Å². The molecule has 2 aromatic rings. The lowest BCUT2D eigenvalue weighted by atomic mass is 9.87. The molecule has 1 aliphatic rings. The van der Waals surface area contributed by atoms with Crippen LogP contribution in [0.3, 0.4) is 0 Å². The van der Waals surface area contributed by atoms with Gasteiger partial charge >= 0.3 is 23.5 Å². The summed E-state index contributed by atoms with van der Waals surface area (Å²) in [6.07, 6.45) is -7.23. The van der Waals surface area contributed by atoms with Crippen molar-refractivity contribution in [2.24, 2.45) is 11.1 Å². The Bertz CT molecular complexity index is 1870. The first-order valence-electron chi connectivity index (χ1n) is 16.2. The van der Waals surface area contributed by atoms with E-state index in [0.29, 0.717) is 0 Å². The number of aromatic nitrogens is 4. The number of phosphoric ester groups is 3. The van der Waals surface area contributed by atoms with Crippen molar-refractivity contribution in [3.05, 3.63) is 12.7 Å². The number of nitrogens with two attached hydrogens (primary N) is 2. The van der Waals surface area contributed by atoms with Crippen LogP contribution in [-0.4, -0.2) is 135 Å². The molecule has 1 saturated heterocycles. The van der Waals surface area contributed by atoms with Gasteiger partial charge in [0.05, 0.1) is 26.0 Å². The highest BCUT2D eigenvalue weighted by atomic mass is 32.2. The quantitative estimate of drug-likeness (QED) is 0.0327. The highest BCUT2D eigenvalue weighted by Gasteiger charge is 2.50. The van der Waals surface area contributed by atoms with Crippen molar-refractivity contribution in [2.45, 2.75) is 63.8 Å². The molecule has 316 valence electrons. The van der Waals surface area contributed by atoms with E-state index in [0.717, 1.165) is 29.0 Å². The molecular weight excluding hydrogens is 837 g/mol. The number of rotatable bonds is 23. The fourth-order valence-electron chi connectivity index (χ4n) is 4.76. The van der Waals surface area contributed by atoms with Crippen LogP contribution in [0.4, 0.5) is 5.82 Å². The maximum Gasteiger partial charge on any atom is 0.481 e. The van der Waals surface area contributed by atoms with Gasteiger partial charge in [-0.2, -0.15) is 4.31 Å². The predicted octanol–water partition coefficient (Wildman–Crippen LogP) is -2.03. The number of carbonyl (C=O) groups is 4. The first-order valence-corrected chi connectivity index (χ1v) is 21.7. The minimum atomic E-state index is -5.58. The third-order valence-corrected chi connectivity index (χ3v) is 11.5. The third-order valence-electron chi connectivity index (χ3n) is 7.53. The smallest absolute Gasteiger partial charge is 0.386 e. The van der Waals surface area contributed by atoms with Crippen LogP contribution in [0.5, 0.6) is 0 Å². The molecule has 0 aliphatic carbocycles. The van der Waals surface area contributed by atoms with E-state index in [4.69, 9.17) is 25.3 Å². The van der Waals surface area contributed by atoms with Gasteiger partial charge in [-0.1, -0.05) is 25.6 Å². The normalized spacial score (nSPS) is 21.6. The summed E-state index contributed by atoms with van der Waals surface area (Å²) >= 11 is 0.863. The van der Waals surface area contributed by atoms with E-state index >= 15 is 0 Å². The Hall–Kier alpha value is -2.81. The van der Waals surface area contributed by atoms with E-state index < -0.39 is 84.6 Å². The number of anilines is 1. The van der Waals surface area contributed by atoms with E-state index in [-0.39, 0.29) is 72.5 Å². The lowest BCUT2D eigenvalue weighted by Crippen LogP contribution is -2.46. The molecular formula is C26H43N8O18P3S. The van der Waals surface area contributed by atoms with Crippen LogP contribution in [0.2, 0.25) is 0 Å². The van der Waals surface area contributed by atoms with Crippen molar-refractivity contribution >= 4 is 74.9 Å². The van der Waals surface area contributed by atoms with Crippen molar-refractivity contribution in [3.63, 3.8) is 0 Å². The Morgan fingerprint density at radius 1 is 1.04 bits per heavy atom. The molecule has 3 heterocycles. The SMILES string of the molecule is CC(C)(COP(=O)(O)OP(=O)(O)OC[C@H]1O[C@@H](n2cnc3c(N)ncnc32)[C@H](O)[C@@H]1OP(=O)(O)O)[C@@H](O)C(=O)NCCC(=O)NCCSC(=O)CC(=O)CCN. The number of ketones is 1. The summed E-state index contributed by atoms with van der Waals surface area (Å²) in [4.78, 5) is 98.6. The van der Waals surface area contributed by atoms with Crippen molar-refractivity contribution < 1.29 is 85.3 Å². The fraction of sp³-hybridized carbons (Fsp3) is 0.654. The topological polar surface area (TPSA) is 407 Å². The Kier molecular flexibility index (Phi) is 17.2. The summed E-state index contributed by atoms with van der Waals surface area (Å²) in [5, 5.41) is 25.8. The van der Waals surface area contributed by atoms with E-state index in [1.807, 2.05) is 0 Å². The van der Waals surface area contributed by atoms with Crippen LogP contribution >= 0.6 is 35.2 Å². The number of Topliss-reactive ketones (excluding diaryl/α,β-unsaturated/α-hetero) is 1. The third kappa shape index (κ3) is 14.5. The molecule has 7 atom stereocenters. The first-order chi connectivity index (χ1) is 25.9. The van der Waals surface area contributed by atoms with Gasteiger partial charge in [0.25, 0.3) is 0 Å². The summed E-state index contributed by atoms with van der Waals surface area (Å²) in [7, 11) is -16.4. The fourth-order valence-corrected chi connectivity index (χ4v) is 8.28. The van der Waals surface area contributed by atoms with Gasteiger partial charge in [0.15, 0.2) is 22.8 Å². The Morgan fingerprint density at radius 3 is 2.38 bits per heavy atom. The van der Waals surface area contributed by atoms with Gasteiger partial charge in [0, 0.05) is 37.1 Å². The van der Waals surface area contributed by atoms with Gasteiger partial charge in [-0.15, -0.1) is 0 Å². The van der Waals surface area contributed by atoms with Gasteiger partial charge in [-0.05, 0) is 6.54 Å².